The van der Waals surface area contributed by atoms with Crippen LogP contribution in [0, 0.1) is 6.92 Å². The lowest BCUT2D eigenvalue weighted by Crippen LogP contribution is -2.13. The summed E-state index contributed by atoms with van der Waals surface area (Å²) in [5, 5.41) is 0. The molecule has 0 aliphatic rings. The van der Waals surface area contributed by atoms with Crippen LogP contribution >= 0.6 is 0 Å². The van der Waals surface area contributed by atoms with E-state index in [2.05, 4.69) is 4.74 Å². The van der Waals surface area contributed by atoms with Gasteiger partial charge in [0.2, 0.25) is 0 Å². The van der Waals surface area contributed by atoms with Crippen molar-refractivity contribution >= 4 is 5.78 Å². The molecule has 0 unspecified atom stereocenters. The van der Waals surface area contributed by atoms with Gasteiger partial charge in [0.15, 0.2) is 5.78 Å². The fourth-order valence-corrected chi connectivity index (χ4v) is 1.14. The number of ketones is 1. The third-order valence-corrected chi connectivity index (χ3v) is 1.82. The number of halogens is 2. The number of ether oxygens (including phenoxy) is 1. The Labute approximate surface area is 86.9 Å². The fourth-order valence-electron chi connectivity index (χ4n) is 1.14. The normalized spacial score (nSPS) is 10.7. The van der Waals surface area contributed by atoms with Crippen LogP contribution in [-0.4, -0.2) is 25.4 Å². The van der Waals surface area contributed by atoms with Gasteiger partial charge in [-0.25, -0.2) is 8.78 Å². The van der Waals surface area contributed by atoms with Crippen LogP contribution in [0.4, 0.5) is 8.78 Å². The largest absolute Gasteiger partial charge is 0.367 e. The van der Waals surface area contributed by atoms with E-state index < -0.39 is 13.0 Å². The van der Waals surface area contributed by atoms with Crippen LogP contribution in [0.5, 0.6) is 0 Å². The third kappa shape index (κ3) is 4.16. The number of alkyl halides is 2. The summed E-state index contributed by atoms with van der Waals surface area (Å²) >= 11 is 0. The lowest BCUT2D eigenvalue weighted by atomic mass is 10.1. The minimum Gasteiger partial charge on any atom is -0.367 e. The van der Waals surface area contributed by atoms with Crippen molar-refractivity contribution in [2.24, 2.45) is 0 Å². The van der Waals surface area contributed by atoms with Gasteiger partial charge in [0, 0.05) is 5.56 Å². The molecule has 1 rings (SSSR count). The number of carbonyl (C=O) groups is 1. The Morgan fingerprint density at radius 2 is 2.20 bits per heavy atom. The molecular formula is C11H12F2O2. The molecule has 0 aromatic heterocycles. The Kier molecular flexibility index (Phi) is 4.37. The van der Waals surface area contributed by atoms with Crippen molar-refractivity contribution in [1.29, 1.82) is 0 Å². The SMILES string of the molecule is Cc1cccc(C(=O)COCC(F)F)c1. The highest BCUT2D eigenvalue weighted by Gasteiger charge is 2.08. The molecule has 4 heteroatoms. The molecule has 0 spiro atoms. The molecule has 82 valence electrons. The molecule has 0 saturated heterocycles. The van der Waals surface area contributed by atoms with Gasteiger partial charge in [0.05, 0.1) is 0 Å². The molecule has 0 amide bonds. The number of Topliss-reactive ketones (excluding diaryl/α,β-unsaturated/α-hetero) is 1. The van der Waals surface area contributed by atoms with Gasteiger partial charge in [-0.2, -0.15) is 0 Å². The summed E-state index contributed by atoms with van der Waals surface area (Å²) in [7, 11) is 0. The quantitative estimate of drug-likeness (QED) is 0.704. The van der Waals surface area contributed by atoms with Crippen molar-refractivity contribution in [3.8, 4) is 0 Å². The van der Waals surface area contributed by atoms with E-state index in [1.165, 1.54) is 0 Å². The maximum Gasteiger partial charge on any atom is 0.261 e. The minimum absolute atomic E-state index is 0.278. The van der Waals surface area contributed by atoms with Gasteiger partial charge < -0.3 is 4.74 Å². The molecule has 0 radical (unpaired) electrons. The van der Waals surface area contributed by atoms with E-state index >= 15 is 0 Å². The Morgan fingerprint density at radius 3 is 2.80 bits per heavy atom. The lowest BCUT2D eigenvalue weighted by Gasteiger charge is -2.03. The third-order valence-electron chi connectivity index (χ3n) is 1.82. The molecule has 0 bridgehead atoms. The zero-order valence-electron chi connectivity index (χ0n) is 8.37. The number of hydrogen-bond acceptors (Lipinski definition) is 2. The number of benzene rings is 1. The van der Waals surface area contributed by atoms with E-state index in [4.69, 9.17) is 0 Å². The van der Waals surface area contributed by atoms with Crippen molar-refractivity contribution in [1.82, 2.24) is 0 Å². The van der Waals surface area contributed by atoms with Gasteiger partial charge in [0.25, 0.3) is 6.43 Å². The zero-order valence-corrected chi connectivity index (χ0v) is 8.37. The summed E-state index contributed by atoms with van der Waals surface area (Å²) in [6.07, 6.45) is -2.53. The van der Waals surface area contributed by atoms with Crippen LogP contribution in [0.15, 0.2) is 24.3 Å². The molecule has 0 N–H and O–H groups in total. The Morgan fingerprint density at radius 1 is 1.47 bits per heavy atom. The topological polar surface area (TPSA) is 26.3 Å². The van der Waals surface area contributed by atoms with Crippen LogP contribution < -0.4 is 0 Å². The summed E-state index contributed by atoms with van der Waals surface area (Å²) in [5.41, 5.74) is 1.44. The molecule has 0 fully saturated rings. The fraction of sp³-hybridized carbons (Fsp3) is 0.364. The average molecular weight is 214 g/mol. The molecule has 0 atom stereocenters. The minimum atomic E-state index is -2.53. The van der Waals surface area contributed by atoms with Gasteiger partial charge in [-0.1, -0.05) is 23.8 Å². The molecule has 0 saturated carbocycles. The van der Waals surface area contributed by atoms with E-state index in [0.29, 0.717) is 5.56 Å². The standard InChI is InChI=1S/C11H12F2O2/c1-8-3-2-4-9(5-8)10(14)6-15-7-11(12)13/h2-5,11H,6-7H2,1H3. The van der Waals surface area contributed by atoms with Gasteiger partial charge >= 0.3 is 0 Å². The maximum atomic E-state index is 11.7. The van der Waals surface area contributed by atoms with E-state index in [1.54, 1.807) is 18.2 Å². The average Bonchev–Trinajstić information content (AvgIpc) is 2.17. The molecular weight excluding hydrogens is 202 g/mol. The van der Waals surface area contributed by atoms with Crippen molar-refractivity contribution in [3.05, 3.63) is 35.4 Å². The van der Waals surface area contributed by atoms with Crippen LogP contribution in [0.2, 0.25) is 0 Å². The molecule has 0 aliphatic carbocycles. The first-order valence-corrected chi connectivity index (χ1v) is 4.55. The van der Waals surface area contributed by atoms with E-state index in [1.807, 2.05) is 13.0 Å². The smallest absolute Gasteiger partial charge is 0.261 e. The van der Waals surface area contributed by atoms with E-state index in [0.717, 1.165) is 5.56 Å². The van der Waals surface area contributed by atoms with Crippen LogP contribution in [-0.2, 0) is 4.74 Å². The summed E-state index contributed by atoms with van der Waals surface area (Å²) in [4.78, 5) is 11.4. The first-order chi connectivity index (χ1) is 7.09. The number of rotatable bonds is 5. The van der Waals surface area contributed by atoms with Gasteiger partial charge in [-0.15, -0.1) is 0 Å². The summed E-state index contributed by atoms with van der Waals surface area (Å²) in [6, 6.07) is 6.95. The Balaban J connectivity index is 2.47. The number of aryl methyl sites for hydroxylation is 1. The second kappa shape index (κ2) is 5.56. The van der Waals surface area contributed by atoms with Crippen LogP contribution in [0.25, 0.3) is 0 Å². The van der Waals surface area contributed by atoms with Crippen molar-refractivity contribution in [2.45, 2.75) is 13.3 Å². The first kappa shape index (κ1) is 11.8. The van der Waals surface area contributed by atoms with Gasteiger partial charge in [-0.05, 0) is 13.0 Å². The highest BCUT2D eigenvalue weighted by molar-refractivity contribution is 5.97. The molecule has 1 aromatic rings. The molecule has 0 aliphatic heterocycles. The summed E-state index contributed by atoms with van der Waals surface area (Å²) in [5.74, 6) is -0.278. The van der Waals surface area contributed by atoms with Gasteiger partial charge in [0.1, 0.15) is 13.2 Å². The molecule has 15 heavy (non-hydrogen) atoms. The van der Waals surface area contributed by atoms with E-state index in [-0.39, 0.29) is 12.4 Å². The maximum absolute atomic E-state index is 11.7. The highest BCUT2D eigenvalue weighted by atomic mass is 19.3. The van der Waals surface area contributed by atoms with Crippen LogP contribution in [0.3, 0.4) is 0 Å². The first-order valence-electron chi connectivity index (χ1n) is 4.55. The van der Waals surface area contributed by atoms with Crippen molar-refractivity contribution in [3.63, 3.8) is 0 Å². The van der Waals surface area contributed by atoms with Crippen molar-refractivity contribution in [2.75, 3.05) is 13.2 Å². The van der Waals surface area contributed by atoms with Crippen LogP contribution in [0.1, 0.15) is 15.9 Å². The number of hydrogen-bond donors (Lipinski definition) is 0. The summed E-state index contributed by atoms with van der Waals surface area (Å²) < 4.78 is 28.0. The van der Waals surface area contributed by atoms with E-state index in [9.17, 15) is 13.6 Å². The predicted molar refractivity (Wildman–Crippen MR) is 52.3 cm³/mol. The van der Waals surface area contributed by atoms with Crippen molar-refractivity contribution < 1.29 is 18.3 Å². The zero-order chi connectivity index (χ0) is 11.3. The Hall–Kier alpha value is -1.29. The number of carbonyl (C=O) groups excluding carboxylic acids is 1. The van der Waals surface area contributed by atoms with Gasteiger partial charge in [-0.3, -0.25) is 4.79 Å². The molecule has 2 nitrogen and oxygen atoms in total. The molecule has 1 aromatic carbocycles. The summed E-state index contributed by atoms with van der Waals surface area (Å²) in [6.45, 7) is 0.863. The second-order valence-corrected chi connectivity index (χ2v) is 3.20. The predicted octanol–water partition coefficient (Wildman–Crippen LogP) is 2.46. The highest BCUT2D eigenvalue weighted by Crippen LogP contribution is 2.05. The molecule has 0 heterocycles. The Bertz CT molecular complexity index is 337. The lowest BCUT2D eigenvalue weighted by molar-refractivity contribution is 0.0196. The monoisotopic (exact) mass is 214 g/mol. The second-order valence-electron chi connectivity index (χ2n) is 3.20.